The predicted molar refractivity (Wildman–Crippen MR) is 85.9 cm³/mol. The minimum Gasteiger partial charge on any atom is -0.423 e. The van der Waals surface area contributed by atoms with Gasteiger partial charge in [0.15, 0.2) is 0 Å². The SMILES string of the molecule is CCC1(OC(=O)OC(=O)OC2(CC)C=CC=CC2)C=CC=CC1. The summed E-state index contributed by atoms with van der Waals surface area (Å²) < 4.78 is 15.3. The molecule has 0 saturated carbocycles. The molecule has 0 heterocycles. The van der Waals surface area contributed by atoms with E-state index in [0.29, 0.717) is 25.7 Å². The molecule has 0 aliphatic heterocycles. The summed E-state index contributed by atoms with van der Waals surface area (Å²) in [5.74, 6) is 0. The third kappa shape index (κ3) is 4.34. The van der Waals surface area contributed by atoms with Crippen LogP contribution in [0.2, 0.25) is 0 Å². The van der Waals surface area contributed by atoms with Crippen molar-refractivity contribution in [1.29, 1.82) is 0 Å². The zero-order valence-corrected chi connectivity index (χ0v) is 13.5. The zero-order valence-electron chi connectivity index (χ0n) is 13.5. The number of hydrogen-bond acceptors (Lipinski definition) is 5. The zero-order chi connectivity index (χ0) is 16.8. The molecule has 23 heavy (non-hydrogen) atoms. The van der Waals surface area contributed by atoms with Crippen molar-refractivity contribution in [3.63, 3.8) is 0 Å². The molecule has 2 atom stereocenters. The quantitative estimate of drug-likeness (QED) is 0.559. The Morgan fingerprint density at radius 3 is 1.57 bits per heavy atom. The molecular weight excluding hydrogens is 296 g/mol. The average molecular weight is 318 g/mol. The predicted octanol–water partition coefficient (Wildman–Crippen LogP) is 4.61. The van der Waals surface area contributed by atoms with Crippen molar-refractivity contribution < 1.29 is 23.8 Å². The fraction of sp³-hybridized carbons (Fsp3) is 0.444. The van der Waals surface area contributed by atoms with Gasteiger partial charge in [-0.2, -0.15) is 0 Å². The smallest absolute Gasteiger partial charge is 0.423 e. The van der Waals surface area contributed by atoms with Crippen LogP contribution in [0.5, 0.6) is 0 Å². The Bertz CT molecular complexity index is 522. The lowest BCUT2D eigenvalue weighted by Gasteiger charge is -2.30. The van der Waals surface area contributed by atoms with Crippen molar-refractivity contribution in [2.75, 3.05) is 0 Å². The number of hydrogen-bond donors (Lipinski definition) is 0. The molecule has 2 aliphatic carbocycles. The van der Waals surface area contributed by atoms with E-state index in [4.69, 9.17) is 9.47 Å². The van der Waals surface area contributed by atoms with Gasteiger partial charge in [0.05, 0.1) is 0 Å². The van der Waals surface area contributed by atoms with Crippen molar-refractivity contribution in [3.8, 4) is 0 Å². The maximum Gasteiger partial charge on any atom is 0.519 e. The van der Waals surface area contributed by atoms with Crippen molar-refractivity contribution in [3.05, 3.63) is 48.6 Å². The summed E-state index contributed by atoms with van der Waals surface area (Å²) in [5.41, 5.74) is -1.52. The van der Waals surface area contributed by atoms with Crippen LogP contribution in [0.25, 0.3) is 0 Å². The summed E-state index contributed by atoms with van der Waals surface area (Å²) in [4.78, 5) is 23.8. The number of carbonyl (C=O) groups excluding carboxylic acids is 2. The number of carbonyl (C=O) groups is 2. The monoisotopic (exact) mass is 318 g/mol. The molecule has 2 unspecified atom stereocenters. The van der Waals surface area contributed by atoms with E-state index < -0.39 is 23.5 Å². The third-order valence-electron chi connectivity index (χ3n) is 4.16. The van der Waals surface area contributed by atoms with E-state index in [1.807, 2.05) is 50.3 Å². The fourth-order valence-corrected chi connectivity index (χ4v) is 2.55. The molecule has 5 heteroatoms. The molecule has 0 radical (unpaired) electrons. The maximum absolute atomic E-state index is 11.9. The van der Waals surface area contributed by atoms with E-state index in [2.05, 4.69) is 4.74 Å². The van der Waals surface area contributed by atoms with Crippen LogP contribution < -0.4 is 0 Å². The Morgan fingerprint density at radius 1 is 0.826 bits per heavy atom. The van der Waals surface area contributed by atoms with Crippen molar-refractivity contribution in [1.82, 2.24) is 0 Å². The fourth-order valence-electron chi connectivity index (χ4n) is 2.55. The van der Waals surface area contributed by atoms with Gasteiger partial charge in [-0.3, -0.25) is 0 Å². The molecule has 124 valence electrons. The Hall–Kier alpha value is -2.30. The van der Waals surface area contributed by atoms with Gasteiger partial charge in [-0.25, -0.2) is 9.59 Å². The van der Waals surface area contributed by atoms with E-state index in [1.165, 1.54) is 0 Å². The van der Waals surface area contributed by atoms with Crippen LogP contribution in [0.3, 0.4) is 0 Å². The van der Waals surface area contributed by atoms with Gasteiger partial charge < -0.3 is 14.2 Å². The first-order chi connectivity index (χ1) is 11.0. The molecule has 0 N–H and O–H groups in total. The third-order valence-corrected chi connectivity index (χ3v) is 4.16. The minimum atomic E-state index is -1.04. The molecule has 0 aromatic heterocycles. The molecule has 5 nitrogen and oxygen atoms in total. The molecule has 0 amide bonds. The van der Waals surface area contributed by atoms with Crippen LogP contribution in [0.15, 0.2) is 48.6 Å². The Morgan fingerprint density at radius 2 is 1.26 bits per heavy atom. The number of rotatable bonds is 4. The topological polar surface area (TPSA) is 61.8 Å². The van der Waals surface area contributed by atoms with Gasteiger partial charge in [0.25, 0.3) is 0 Å². The second-order valence-corrected chi connectivity index (χ2v) is 5.63. The first-order valence-electron chi connectivity index (χ1n) is 7.86. The lowest BCUT2D eigenvalue weighted by Crippen LogP contribution is -2.36. The van der Waals surface area contributed by atoms with Crippen molar-refractivity contribution in [2.45, 2.75) is 50.7 Å². The lowest BCUT2D eigenvalue weighted by atomic mass is 9.92. The molecule has 0 saturated heterocycles. The van der Waals surface area contributed by atoms with Crippen LogP contribution in [-0.2, 0) is 14.2 Å². The van der Waals surface area contributed by atoms with Gasteiger partial charge in [0.2, 0.25) is 0 Å². The van der Waals surface area contributed by atoms with Crippen molar-refractivity contribution in [2.24, 2.45) is 0 Å². The van der Waals surface area contributed by atoms with Gasteiger partial charge in [-0.15, -0.1) is 0 Å². The summed E-state index contributed by atoms with van der Waals surface area (Å²) in [5, 5.41) is 0. The molecule has 0 aromatic carbocycles. The Balaban J connectivity index is 1.91. The minimum absolute atomic E-state index is 0.552. The van der Waals surface area contributed by atoms with Crippen molar-refractivity contribution >= 4 is 12.3 Å². The van der Waals surface area contributed by atoms with E-state index in [1.54, 1.807) is 12.2 Å². The van der Waals surface area contributed by atoms with E-state index in [-0.39, 0.29) is 0 Å². The normalized spacial score (nSPS) is 28.4. The molecule has 0 spiro atoms. The average Bonchev–Trinajstić information content (AvgIpc) is 2.56. The second kappa shape index (κ2) is 7.31. The summed E-state index contributed by atoms with van der Waals surface area (Å²) >= 11 is 0. The van der Waals surface area contributed by atoms with Gasteiger partial charge >= 0.3 is 12.3 Å². The van der Waals surface area contributed by atoms with E-state index in [0.717, 1.165) is 0 Å². The van der Waals surface area contributed by atoms with Gasteiger partial charge in [-0.05, 0) is 25.0 Å². The van der Waals surface area contributed by atoms with Crippen LogP contribution in [0, 0.1) is 0 Å². The highest BCUT2D eigenvalue weighted by atomic mass is 16.8. The number of ether oxygens (including phenoxy) is 3. The second-order valence-electron chi connectivity index (χ2n) is 5.63. The summed E-state index contributed by atoms with van der Waals surface area (Å²) in [6.07, 6.45) is 15.0. The maximum atomic E-state index is 11.9. The highest BCUT2D eigenvalue weighted by Crippen LogP contribution is 2.28. The van der Waals surface area contributed by atoms with Crippen LogP contribution in [0.1, 0.15) is 39.5 Å². The van der Waals surface area contributed by atoms with Crippen LogP contribution in [-0.4, -0.2) is 23.5 Å². The van der Waals surface area contributed by atoms with Gasteiger partial charge in [0.1, 0.15) is 11.2 Å². The molecular formula is C18H22O5. The van der Waals surface area contributed by atoms with Crippen LogP contribution >= 0.6 is 0 Å². The highest BCUT2D eigenvalue weighted by molar-refractivity contribution is 5.77. The number of allylic oxidation sites excluding steroid dienone is 4. The van der Waals surface area contributed by atoms with Crippen LogP contribution in [0.4, 0.5) is 9.59 Å². The summed E-state index contributed by atoms with van der Waals surface area (Å²) in [6, 6.07) is 0. The van der Waals surface area contributed by atoms with E-state index in [9.17, 15) is 9.59 Å². The molecule has 0 aromatic rings. The van der Waals surface area contributed by atoms with Gasteiger partial charge in [0, 0.05) is 12.8 Å². The largest absolute Gasteiger partial charge is 0.519 e. The standard InChI is InChI=1S/C18H22O5/c1-3-17(11-7-5-8-12-17)22-15(19)21-16(20)23-18(4-2)13-9-6-10-14-18/h5-11,13H,3-4,12,14H2,1-2H3. The molecule has 0 fully saturated rings. The molecule has 2 aliphatic rings. The Labute approximate surface area is 136 Å². The van der Waals surface area contributed by atoms with Gasteiger partial charge in [-0.1, -0.05) is 50.3 Å². The Kier molecular flexibility index (Phi) is 5.42. The van der Waals surface area contributed by atoms with E-state index >= 15 is 0 Å². The summed E-state index contributed by atoms with van der Waals surface area (Å²) in [6.45, 7) is 3.81. The lowest BCUT2D eigenvalue weighted by molar-refractivity contribution is -0.0338. The molecule has 0 bridgehead atoms. The molecule has 2 rings (SSSR count). The first-order valence-corrected chi connectivity index (χ1v) is 7.86. The summed E-state index contributed by atoms with van der Waals surface area (Å²) in [7, 11) is 0. The first kappa shape index (κ1) is 17.1. The highest BCUT2D eigenvalue weighted by Gasteiger charge is 2.34.